The lowest BCUT2D eigenvalue weighted by Gasteiger charge is -2.26. The summed E-state index contributed by atoms with van der Waals surface area (Å²) in [6, 6.07) is 14.7. The number of hydrogen-bond donors (Lipinski definition) is 0. The molecule has 0 unspecified atom stereocenters. The van der Waals surface area contributed by atoms with E-state index in [1.54, 1.807) is 24.3 Å². The summed E-state index contributed by atoms with van der Waals surface area (Å²) < 4.78 is 43.7. The van der Waals surface area contributed by atoms with Crippen LogP contribution < -0.4 is 9.47 Å². The van der Waals surface area contributed by atoms with Crippen LogP contribution in [0.1, 0.15) is 5.56 Å². The van der Waals surface area contributed by atoms with Crippen LogP contribution in [-0.2, 0) is 21.3 Å². The molecule has 0 aliphatic carbocycles. The highest BCUT2D eigenvalue weighted by molar-refractivity contribution is 7.89. The van der Waals surface area contributed by atoms with E-state index in [0.29, 0.717) is 45.3 Å². The molecular formula is C21H26N2O5S. The Morgan fingerprint density at radius 1 is 0.931 bits per heavy atom. The fraction of sp³-hybridized carbons (Fsp3) is 0.429. The summed E-state index contributed by atoms with van der Waals surface area (Å²) in [6.45, 7) is 5.28. The minimum Gasteiger partial charge on any atom is -0.492 e. The molecule has 0 radical (unpaired) electrons. The summed E-state index contributed by atoms with van der Waals surface area (Å²) >= 11 is 0. The second-order valence-electron chi connectivity index (χ2n) is 7.07. The van der Waals surface area contributed by atoms with Gasteiger partial charge in [-0.2, -0.15) is 4.31 Å². The molecule has 0 amide bonds. The average Bonchev–Trinajstić information content (AvgIpc) is 2.97. The zero-order valence-electron chi connectivity index (χ0n) is 16.3. The first-order chi connectivity index (χ1) is 14.1. The van der Waals surface area contributed by atoms with Crippen LogP contribution in [0.15, 0.2) is 53.4 Å². The summed E-state index contributed by atoms with van der Waals surface area (Å²) in [4.78, 5) is 2.58. The van der Waals surface area contributed by atoms with Crippen molar-refractivity contribution in [2.75, 3.05) is 52.6 Å². The molecule has 0 saturated carbocycles. The second-order valence-corrected chi connectivity index (χ2v) is 9.01. The molecule has 8 heteroatoms. The number of para-hydroxylation sites is 1. The van der Waals surface area contributed by atoms with Crippen LogP contribution in [0.25, 0.3) is 0 Å². The maximum absolute atomic E-state index is 12.7. The van der Waals surface area contributed by atoms with E-state index in [2.05, 4.69) is 11.0 Å². The minimum atomic E-state index is -3.47. The number of fused-ring (bicyclic) bond motifs is 1. The van der Waals surface area contributed by atoms with Gasteiger partial charge in [0.25, 0.3) is 0 Å². The van der Waals surface area contributed by atoms with Crippen LogP contribution >= 0.6 is 0 Å². The number of ether oxygens (including phenoxy) is 3. The van der Waals surface area contributed by atoms with E-state index in [4.69, 9.17) is 14.2 Å². The van der Waals surface area contributed by atoms with Crippen LogP contribution in [0, 0.1) is 0 Å². The van der Waals surface area contributed by atoms with E-state index >= 15 is 0 Å². The quantitative estimate of drug-likeness (QED) is 0.715. The number of morpholine rings is 1. The van der Waals surface area contributed by atoms with Gasteiger partial charge in [0, 0.05) is 38.3 Å². The molecule has 1 saturated heterocycles. The molecule has 0 bridgehead atoms. The van der Waals surface area contributed by atoms with Crippen LogP contribution in [-0.4, -0.2) is 70.2 Å². The maximum Gasteiger partial charge on any atom is 0.243 e. The van der Waals surface area contributed by atoms with Crippen molar-refractivity contribution in [3.8, 4) is 11.5 Å². The average molecular weight is 419 g/mol. The normalized spacial score (nSPS) is 18.5. The molecule has 156 valence electrons. The Kier molecular flexibility index (Phi) is 6.34. The molecular weight excluding hydrogens is 392 g/mol. The monoisotopic (exact) mass is 418 g/mol. The van der Waals surface area contributed by atoms with Crippen molar-refractivity contribution in [1.29, 1.82) is 0 Å². The molecule has 0 atom stereocenters. The van der Waals surface area contributed by atoms with E-state index in [1.165, 1.54) is 9.87 Å². The van der Waals surface area contributed by atoms with Crippen molar-refractivity contribution >= 4 is 10.0 Å². The molecule has 2 aromatic carbocycles. The smallest absolute Gasteiger partial charge is 0.243 e. The first-order valence-electron chi connectivity index (χ1n) is 9.87. The van der Waals surface area contributed by atoms with Crippen molar-refractivity contribution in [2.45, 2.75) is 11.4 Å². The lowest BCUT2D eigenvalue weighted by Crippen LogP contribution is -2.40. The molecule has 0 aromatic heterocycles. The van der Waals surface area contributed by atoms with Crippen molar-refractivity contribution in [3.63, 3.8) is 0 Å². The van der Waals surface area contributed by atoms with E-state index in [-0.39, 0.29) is 4.90 Å². The first kappa shape index (κ1) is 20.2. The van der Waals surface area contributed by atoms with Crippen molar-refractivity contribution in [1.82, 2.24) is 9.21 Å². The van der Waals surface area contributed by atoms with Crippen LogP contribution in [0.2, 0.25) is 0 Å². The Morgan fingerprint density at radius 2 is 1.69 bits per heavy atom. The number of hydrogen-bond acceptors (Lipinski definition) is 6. The van der Waals surface area contributed by atoms with Gasteiger partial charge in [0.1, 0.15) is 24.7 Å². The number of rotatable bonds is 6. The highest BCUT2D eigenvalue weighted by Gasteiger charge is 2.26. The molecule has 0 spiro atoms. The third kappa shape index (κ3) is 4.90. The van der Waals surface area contributed by atoms with Crippen molar-refractivity contribution in [2.24, 2.45) is 0 Å². The minimum absolute atomic E-state index is 0.285. The highest BCUT2D eigenvalue weighted by atomic mass is 32.2. The van der Waals surface area contributed by atoms with E-state index in [9.17, 15) is 8.42 Å². The molecule has 4 rings (SSSR count). The van der Waals surface area contributed by atoms with Gasteiger partial charge in [0.05, 0.1) is 18.1 Å². The second kappa shape index (κ2) is 9.13. The Morgan fingerprint density at radius 3 is 2.48 bits per heavy atom. The number of benzene rings is 2. The van der Waals surface area contributed by atoms with Gasteiger partial charge in [-0.25, -0.2) is 8.42 Å². The molecule has 1 fully saturated rings. The maximum atomic E-state index is 12.7. The van der Waals surface area contributed by atoms with Gasteiger partial charge < -0.3 is 14.2 Å². The van der Waals surface area contributed by atoms with Crippen LogP contribution in [0.3, 0.4) is 0 Å². The summed E-state index contributed by atoms with van der Waals surface area (Å²) in [7, 11) is -3.47. The molecule has 7 nitrogen and oxygen atoms in total. The standard InChI is InChI=1S/C21H26N2O5S/c24-29(25,23-11-13-26-14-12-23)20-7-5-19(6-8-20)27-15-9-22-10-16-28-21-4-2-1-3-18(21)17-22/h1-8H,9-17H2. The molecule has 2 aromatic rings. The van der Waals surface area contributed by atoms with Crippen LogP contribution in [0.5, 0.6) is 11.5 Å². The van der Waals surface area contributed by atoms with Gasteiger partial charge in [-0.1, -0.05) is 18.2 Å². The van der Waals surface area contributed by atoms with Gasteiger partial charge in [-0.05, 0) is 30.3 Å². The third-order valence-electron chi connectivity index (χ3n) is 5.14. The Bertz CT molecular complexity index is 911. The molecule has 0 N–H and O–H groups in total. The third-order valence-corrected chi connectivity index (χ3v) is 7.05. The fourth-order valence-corrected chi connectivity index (χ4v) is 4.92. The lowest BCUT2D eigenvalue weighted by atomic mass is 10.2. The zero-order valence-corrected chi connectivity index (χ0v) is 17.1. The van der Waals surface area contributed by atoms with Crippen molar-refractivity contribution < 1.29 is 22.6 Å². The molecule has 2 aliphatic heterocycles. The molecule has 29 heavy (non-hydrogen) atoms. The summed E-state index contributed by atoms with van der Waals surface area (Å²) in [5.74, 6) is 1.62. The van der Waals surface area contributed by atoms with Crippen molar-refractivity contribution in [3.05, 3.63) is 54.1 Å². The topological polar surface area (TPSA) is 68.3 Å². The largest absolute Gasteiger partial charge is 0.492 e. The van der Waals surface area contributed by atoms with Gasteiger partial charge >= 0.3 is 0 Å². The van der Waals surface area contributed by atoms with Crippen LogP contribution in [0.4, 0.5) is 0 Å². The Labute approximate surface area is 171 Å². The van der Waals surface area contributed by atoms with Gasteiger partial charge in [-0.15, -0.1) is 0 Å². The van der Waals surface area contributed by atoms with Gasteiger partial charge in [-0.3, -0.25) is 4.90 Å². The summed E-state index contributed by atoms with van der Waals surface area (Å²) in [5.41, 5.74) is 1.18. The predicted octanol–water partition coefficient (Wildman–Crippen LogP) is 1.98. The number of nitrogens with zero attached hydrogens (tertiary/aromatic N) is 2. The van der Waals surface area contributed by atoms with E-state index in [0.717, 1.165) is 25.4 Å². The summed E-state index contributed by atoms with van der Waals surface area (Å²) in [5, 5.41) is 0. The van der Waals surface area contributed by atoms with E-state index in [1.807, 2.05) is 18.2 Å². The van der Waals surface area contributed by atoms with Gasteiger partial charge in [0.15, 0.2) is 0 Å². The SMILES string of the molecule is O=S(=O)(c1ccc(OCCN2CCOc3ccccc3C2)cc1)N1CCOCC1. The van der Waals surface area contributed by atoms with E-state index < -0.39 is 10.0 Å². The molecule has 2 aliphatic rings. The fourth-order valence-electron chi connectivity index (χ4n) is 3.51. The Hall–Kier alpha value is -2.13. The Balaban J connectivity index is 1.30. The highest BCUT2D eigenvalue weighted by Crippen LogP contribution is 2.23. The number of sulfonamides is 1. The predicted molar refractivity (Wildman–Crippen MR) is 109 cm³/mol. The zero-order chi connectivity index (χ0) is 20.1. The van der Waals surface area contributed by atoms with Gasteiger partial charge in [0.2, 0.25) is 10.0 Å². The first-order valence-corrected chi connectivity index (χ1v) is 11.3. The summed E-state index contributed by atoms with van der Waals surface area (Å²) in [6.07, 6.45) is 0. The lowest BCUT2D eigenvalue weighted by molar-refractivity contribution is 0.0730. The molecule has 2 heterocycles.